The van der Waals surface area contributed by atoms with Gasteiger partial charge in [0.2, 0.25) is 5.88 Å². The Morgan fingerprint density at radius 1 is 1.18 bits per heavy atom. The molecule has 22 heavy (non-hydrogen) atoms. The van der Waals surface area contributed by atoms with Crippen molar-refractivity contribution in [2.24, 2.45) is 0 Å². The molecule has 0 radical (unpaired) electrons. The van der Waals surface area contributed by atoms with Crippen molar-refractivity contribution in [1.82, 2.24) is 9.97 Å². The fourth-order valence-corrected chi connectivity index (χ4v) is 2.73. The summed E-state index contributed by atoms with van der Waals surface area (Å²) in [6, 6.07) is 13.4. The van der Waals surface area contributed by atoms with Crippen molar-refractivity contribution in [3.8, 4) is 28.8 Å². The second-order valence-corrected chi connectivity index (χ2v) is 5.53. The molecule has 4 nitrogen and oxygen atoms in total. The number of hydrogen-bond acceptors (Lipinski definition) is 3. The van der Waals surface area contributed by atoms with E-state index in [0.29, 0.717) is 17.3 Å². The number of aromatic amines is 1. The Kier molecular flexibility index (Phi) is 3.05. The quantitative estimate of drug-likeness (QED) is 0.595. The Balaban J connectivity index is 1.74. The minimum atomic E-state index is 0.668. The largest absolute Gasteiger partial charge is 0.493 e. The average Bonchev–Trinajstić information content (AvgIpc) is 2.95. The van der Waals surface area contributed by atoms with Gasteiger partial charge in [0.15, 0.2) is 11.5 Å². The van der Waals surface area contributed by atoms with Crippen LogP contribution < -0.4 is 9.47 Å². The zero-order chi connectivity index (χ0) is 15.1. The molecule has 110 valence electrons. The van der Waals surface area contributed by atoms with E-state index in [-0.39, 0.29) is 0 Å². The standard InChI is InChI=1S/C17H13ClN2O2/c1-21-14-4-2-3-11-9-13-17(22-15(11)14)20-16(19-13)10-5-7-12(18)8-6-10/h2-8H,9H2,1H3,(H,19,20). The third-order valence-corrected chi connectivity index (χ3v) is 3.95. The Labute approximate surface area is 132 Å². The molecular weight excluding hydrogens is 300 g/mol. The average molecular weight is 313 g/mol. The molecule has 2 heterocycles. The predicted molar refractivity (Wildman–Crippen MR) is 84.9 cm³/mol. The molecular formula is C17H13ClN2O2. The van der Waals surface area contributed by atoms with Crippen molar-refractivity contribution in [2.75, 3.05) is 7.11 Å². The number of nitrogens with zero attached hydrogens (tertiary/aromatic N) is 1. The second-order valence-electron chi connectivity index (χ2n) is 5.10. The number of rotatable bonds is 2. The summed E-state index contributed by atoms with van der Waals surface area (Å²) in [6.45, 7) is 0. The van der Waals surface area contributed by atoms with Gasteiger partial charge >= 0.3 is 0 Å². The lowest BCUT2D eigenvalue weighted by molar-refractivity contribution is 0.366. The van der Waals surface area contributed by atoms with Crippen molar-refractivity contribution >= 4 is 11.6 Å². The zero-order valence-corrected chi connectivity index (χ0v) is 12.6. The van der Waals surface area contributed by atoms with Crippen LogP contribution >= 0.6 is 11.6 Å². The van der Waals surface area contributed by atoms with Gasteiger partial charge in [0.05, 0.1) is 7.11 Å². The topological polar surface area (TPSA) is 47.1 Å². The molecule has 4 rings (SSSR count). The molecule has 1 N–H and O–H groups in total. The Morgan fingerprint density at radius 3 is 2.77 bits per heavy atom. The van der Waals surface area contributed by atoms with Gasteiger partial charge in [0.25, 0.3) is 0 Å². The van der Waals surface area contributed by atoms with E-state index in [1.807, 2.05) is 42.5 Å². The normalized spacial score (nSPS) is 12.3. The number of ether oxygens (including phenoxy) is 2. The Bertz CT molecular complexity index is 840. The number of halogens is 1. The molecule has 1 aromatic heterocycles. The molecule has 0 atom stereocenters. The highest BCUT2D eigenvalue weighted by Crippen LogP contribution is 2.41. The van der Waals surface area contributed by atoms with Gasteiger partial charge < -0.3 is 14.5 Å². The van der Waals surface area contributed by atoms with E-state index in [1.54, 1.807) is 7.11 Å². The monoisotopic (exact) mass is 312 g/mol. The fraction of sp³-hybridized carbons (Fsp3) is 0.118. The fourth-order valence-electron chi connectivity index (χ4n) is 2.60. The number of para-hydroxylation sites is 1. The van der Waals surface area contributed by atoms with E-state index in [9.17, 15) is 0 Å². The van der Waals surface area contributed by atoms with Crippen LogP contribution in [0.5, 0.6) is 17.4 Å². The number of methoxy groups -OCH3 is 1. The Morgan fingerprint density at radius 2 is 2.00 bits per heavy atom. The van der Waals surface area contributed by atoms with Crippen molar-refractivity contribution < 1.29 is 9.47 Å². The van der Waals surface area contributed by atoms with Crippen LogP contribution in [0.1, 0.15) is 11.3 Å². The molecule has 0 aliphatic carbocycles. The van der Waals surface area contributed by atoms with Gasteiger partial charge in [-0.05, 0) is 30.3 Å². The van der Waals surface area contributed by atoms with Crippen molar-refractivity contribution in [1.29, 1.82) is 0 Å². The van der Waals surface area contributed by atoms with Crippen LogP contribution in [-0.2, 0) is 6.42 Å². The highest BCUT2D eigenvalue weighted by molar-refractivity contribution is 6.30. The summed E-state index contributed by atoms with van der Waals surface area (Å²) in [4.78, 5) is 7.87. The first kappa shape index (κ1) is 13.2. The SMILES string of the molecule is COc1cccc2c1Oc1[nH]c(-c3ccc(Cl)cc3)nc1C2. The third kappa shape index (κ3) is 2.12. The summed E-state index contributed by atoms with van der Waals surface area (Å²) in [5.74, 6) is 2.92. The maximum absolute atomic E-state index is 5.96. The van der Waals surface area contributed by atoms with Gasteiger partial charge in [-0.2, -0.15) is 0 Å². The van der Waals surface area contributed by atoms with E-state index in [4.69, 9.17) is 21.1 Å². The van der Waals surface area contributed by atoms with Crippen molar-refractivity contribution in [3.63, 3.8) is 0 Å². The molecule has 1 aliphatic rings. The van der Waals surface area contributed by atoms with E-state index in [2.05, 4.69) is 9.97 Å². The number of H-pyrrole nitrogens is 1. The number of nitrogens with one attached hydrogen (secondary N) is 1. The summed E-state index contributed by atoms with van der Waals surface area (Å²) >= 11 is 5.93. The van der Waals surface area contributed by atoms with Crippen LogP contribution in [0.3, 0.4) is 0 Å². The lowest BCUT2D eigenvalue weighted by Crippen LogP contribution is -2.04. The second kappa shape index (κ2) is 5.07. The molecule has 0 spiro atoms. The molecule has 3 aromatic rings. The van der Waals surface area contributed by atoms with E-state index >= 15 is 0 Å². The van der Waals surface area contributed by atoms with Gasteiger partial charge in [-0.1, -0.05) is 23.7 Å². The molecule has 0 saturated carbocycles. The van der Waals surface area contributed by atoms with Crippen LogP contribution in [0.4, 0.5) is 0 Å². The summed E-state index contributed by atoms with van der Waals surface area (Å²) < 4.78 is 11.3. The van der Waals surface area contributed by atoms with Gasteiger partial charge in [-0.15, -0.1) is 0 Å². The maximum Gasteiger partial charge on any atom is 0.221 e. The molecule has 1 aliphatic heterocycles. The molecule has 0 saturated heterocycles. The van der Waals surface area contributed by atoms with Crippen molar-refractivity contribution in [3.05, 3.63) is 58.7 Å². The van der Waals surface area contributed by atoms with E-state index in [0.717, 1.165) is 34.1 Å². The lowest BCUT2D eigenvalue weighted by atomic mass is 10.1. The van der Waals surface area contributed by atoms with E-state index < -0.39 is 0 Å². The van der Waals surface area contributed by atoms with Crippen LogP contribution in [0.25, 0.3) is 11.4 Å². The number of hydrogen-bond donors (Lipinski definition) is 1. The van der Waals surface area contributed by atoms with Gasteiger partial charge in [0, 0.05) is 22.6 Å². The number of benzene rings is 2. The molecule has 0 unspecified atom stereocenters. The maximum atomic E-state index is 5.96. The predicted octanol–water partition coefficient (Wildman–Crippen LogP) is 4.44. The summed E-state index contributed by atoms with van der Waals surface area (Å²) in [5, 5.41) is 0.702. The smallest absolute Gasteiger partial charge is 0.221 e. The van der Waals surface area contributed by atoms with Gasteiger partial charge in [-0.25, -0.2) is 4.98 Å². The Hall–Kier alpha value is -2.46. The molecule has 0 bridgehead atoms. The first-order valence-electron chi connectivity index (χ1n) is 6.93. The summed E-state index contributed by atoms with van der Waals surface area (Å²) in [7, 11) is 1.64. The van der Waals surface area contributed by atoms with Crippen LogP contribution in [0.15, 0.2) is 42.5 Å². The lowest BCUT2D eigenvalue weighted by Gasteiger charge is -2.18. The van der Waals surface area contributed by atoms with Gasteiger partial charge in [0.1, 0.15) is 11.5 Å². The molecule has 0 fully saturated rings. The number of imidazole rings is 1. The van der Waals surface area contributed by atoms with Crippen LogP contribution in [0, 0.1) is 0 Å². The minimum Gasteiger partial charge on any atom is -0.493 e. The van der Waals surface area contributed by atoms with E-state index in [1.165, 1.54) is 0 Å². The molecule has 0 amide bonds. The van der Waals surface area contributed by atoms with Crippen LogP contribution in [-0.4, -0.2) is 17.1 Å². The molecule has 5 heteroatoms. The first-order valence-corrected chi connectivity index (χ1v) is 7.31. The molecule has 2 aromatic carbocycles. The summed E-state index contributed by atoms with van der Waals surface area (Å²) in [5.41, 5.74) is 2.94. The number of fused-ring (bicyclic) bond motifs is 2. The zero-order valence-electron chi connectivity index (χ0n) is 11.9. The third-order valence-electron chi connectivity index (χ3n) is 3.70. The summed E-state index contributed by atoms with van der Waals surface area (Å²) in [6.07, 6.45) is 0.714. The minimum absolute atomic E-state index is 0.668. The first-order chi connectivity index (χ1) is 10.7. The van der Waals surface area contributed by atoms with Crippen LogP contribution in [0.2, 0.25) is 5.02 Å². The number of aromatic nitrogens is 2. The highest BCUT2D eigenvalue weighted by Gasteiger charge is 2.24. The van der Waals surface area contributed by atoms with Crippen molar-refractivity contribution in [2.45, 2.75) is 6.42 Å². The van der Waals surface area contributed by atoms with Gasteiger partial charge in [-0.3, -0.25) is 0 Å². The highest BCUT2D eigenvalue weighted by atomic mass is 35.5.